The number of amides is 2. The monoisotopic (exact) mass is 582 g/mol. The minimum Gasteiger partial charge on any atom is -0.352 e. The largest absolute Gasteiger partial charge is 0.416 e. The molecule has 0 fully saturated rings. The summed E-state index contributed by atoms with van der Waals surface area (Å²) in [6.07, 6.45) is -4.75. The fraction of sp³-hybridized carbons (Fsp3) is 0.483. The quantitative estimate of drug-likeness (QED) is 0.374. The van der Waals surface area contributed by atoms with Gasteiger partial charge in [-0.1, -0.05) is 35.9 Å². The van der Waals surface area contributed by atoms with Gasteiger partial charge >= 0.3 is 6.18 Å². The Bertz CT molecular complexity index is 1300. The van der Waals surface area contributed by atoms with Gasteiger partial charge < -0.3 is 10.6 Å². The van der Waals surface area contributed by atoms with Gasteiger partial charge in [-0.2, -0.15) is 13.2 Å². The SMILES string of the molecule is Cc1ccc(S(=O)(=O)C[C@@H](CCC(=O)NC(C)(C)C)C(=O)N[C@@H](C)C(=O)CCc2cccc(C(F)(F)F)c2)cc1. The number of carbonyl (C=O) groups excluding carboxylic acids is 3. The van der Waals surface area contributed by atoms with E-state index in [0.717, 1.165) is 17.7 Å². The summed E-state index contributed by atoms with van der Waals surface area (Å²) in [5.74, 6) is -3.13. The van der Waals surface area contributed by atoms with Crippen molar-refractivity contribution in [3.05, 3.63) is 65.2 Å². The number of benzene rings is 2. The molecular formula is C29H37F3N2O5S. The number of Topliss-reactive ketones (excluding diaryl/α,β-unsaturated/α-hetero) is 1. The van der Waals surface area contributed by atoms with Crippen LogP contribution in [0.15, 0.2) is 53.4 Å². The third-order valence-electron chi connectivity index (χ3n) is 6.16. The van der Waals surface area contributed by atoms with Gasteiger partial charge in [0.25, 0.3) is 0 Å². The summed E-state index contributed by atoms with van der Waals surface area (Å²) in [6, 6.07) is 9.85. The van der Waals surface area contributed by atoms with Crippen molar-refractivity contribution in [2.75, 3.05) is 5.75 Å². The van der Waals surface area contributed by atoms with Crippen molar-refractivity contribution >= 4 is 27.4 Å². The molecular weight excluding hydrogens is 545 g/mol. The second kappa shape index (κ2) is 13.4. The molecule has 2 amide bonds. The molecule has 220 valence electrons. The maximum Gasteiger partial charge on any atom is 0.416 e. The molecule has 0 bridgehead atoms. The topological polar surface area (TPSA) is 109 Å². The van der Waals surface area contributed by atoms with E-state index in [-0.39, 0.29) is 36.5 Å². The number of hydrogen-bond donors (Lipinski definition) is 2. The molecule has 2 rings (SSSR count). The zero-order valence-electron chi connectivity index (χ0n) is 23.4. The van der Waals surface area contributed by atoms with E-state index in [2.05, 4.69) is 10.6 Å². The van der Waals surface area contributed by atoms with Gasteiger partial charge in [0.2, 0.25) is 11.8 Å². The lowest BCUT2D eigenvalue weighted by atomic mass is 10.00. The summed E-state index contributed by atoms with van der Waals surface area (Å²) in [7, 11) is -3.89. The summed E-state index contributed by atoms with van der Waals surface area (Å²) >= 11 is 0. The maximum atomic E-state index is 13.2. The molecule has 2 aromatic carbocycles. The minimum atomic E-state index is -4.50. The lowest BCUT2D eigenvalue weighted by Crippen LogP contribution is -2.44. The zero-order valence-corrected chi connectivity index (χ0v) is 24.2. The molecule has 11 heteroatoms. The molecule has 0 heterocycles. The molecule has 7 nitrogen and oxygen atoms in total. The molecule has 0 spiro atoms. The van der Waals surface area contributed by atoms with E-state index in [4.69, 9.17) is 0 Å². The van der Waals surface area contributed by atoms with Crippen LogP contribution in [0.25, 0.3) is 0 Å². The molecule has 0 aliphatic rings. The van der Waals surface area contributed by atoms with E-state index >= 15 is 0 Å². The molecule has 40 heavy (non-hydrogen) atoms. The third kappa shape index (κ3) is 10.7. The number of ketones is 1. The molecule has 0 unspecified atom stereocenters. The van der Waals surface area contributed by atoms with E-state index in [1.807, 2.05) is 6.92 Å². The van der Waals surface area contributed by atoms with Crippen LogP contribution in [-0.2, 0) is 36.8 Å². The van der Waals surface area contributed by atoms with Crippen LogP contribution in [0.5, 0.6) is 0 Å². The first-order valence-corrected chi connectivity index (χ1v) is 14.6. The van der Waals surface area contributed by atoms with E-state index in [9.17, 15) is 36.0 Å². The predicted octanol–water partition coefficient (Wildman–Crippen LogP) is 4.81. The van der Waals surface area contributed by atoms with Gasteiger partial charge in [-0.05, 0) is 71.2 Å². The molecule has 2 atom stereocenters. The first-order valence-electron chi connectivity index (χ1n) is 13.0. The number of hydrogen-bond acceptors (Lipinski definition) is 5. The molecule has 2 aromatic rings. The van der Waals surface area contributed by atoms with Crippen molar-refractivity contribution in [2.45, 2.75) is 83.0 Å². The fourth-order valence-electron chi connectivity index (χ4n) is 3.98. The Morgan fingerprint density at radius 1 is 0.950 bits per heavy atom. The third-order valence-corrected chi connectivity index (χ3v) is 7.99. The van der Waals surface area contributed by atoms with Crippen molar-refractivity contribution in [1.82, 2.24) is 10.6 Å². The van der Waals surface area contributed by atoms with Gasteiger partial charge in [-0.25, -0.2) is 8.42 Å². The molecule has 0 radical (unpaired) electrons. The Morgan fingerprint density at radius 2 is 1.57 bits per heavy atom. The van der Waals surface area contributed by atoms with E-state index in [1.165, 1.54) is 31.2 Å². The highest BCUT2D eigenvalue weighted by Gasteiger charge is 2.31. The number of sulfone groups is 1. The van der Waals surface area contributed by atoms with E-state index in [1.54, 1.807) is 32.9 Å². The summed E-state index contributed by atoms with van der Waals surface area (Å²) in [5.41, 5.74) is -0.131. The summed E-state index contributed by atoms with van der Waals surface area (Å²) in [4.78, 5) is 38.3. The molecule has 0 aliphatic carbocycles. The van der Waals surface area contributed by atoms with Crippen LogP contribution in [0, 0.1) is 12.8 Å². The Kier molecular flexibility index (Phi) is 11.1. The van der Waals surface area contributed by atoms with Crippen LogP contribution in [0.3, 0.4) is 0 Å². The first kappa shape index (κ1) is 33.0. The van der Waals surface area contributed by atoms with E-state index in [0.29, 0.717) is 5.56 Å². The number of aryl methyl sites for hydroxylation is 2. The number of halogens is 3. The number of alkyl halides is 3. The van der Waals surface area contributed by atoms with Gasteiger partial charge in [0.1, 0.15) is 0 Å². The van der Waals surface area contributed by atoms with Crippen LogP contribution in [0.2, 0.25) is 0 Å². The molecule has 0 aromatic heterocycles. The average molecular weight is 583 g/mol. The second-order valence-corrected chi connectivity index (χ2v) is 13.1. The van der Waals surface area contributed by atoms with Crippen LogP contribution >= 0.6 is 0 Å². The average Bonchev–Trinajstić information content (AvgIpc) is 2.83. The maximum absolute atomic E-state index is 13.2. The normalized spacial score (nSPS) is 13.8. The molecule has 0 saturated carbocycles. The smallest absolute Gasteiger partial charge is 0.352 e. The standard InChI is InChI=1S/C29H37F3N2O5S/c1-19-9-13-24(14-10-19)40(38,39)18-22(12-16-26(36)34-28(3,4)5)27(37)33-20(2)25(35)15-11-21-7-6-8-23(17-21)29(30,31)32/h6-10,13-14,17,20,22H,11-12,15-16,18H2,1-5H3,(H,33,37)(H,34,36)/t20-,22+/m0/s1. The lowest BCUT2D eigenvalue weighted by molar-refractivity contribution is -0.137. The summed E-state index contributed by atoms with van der Waals surface area (Å²) < 4.78 is 65.1. The first-order chi connectivity index (χ1) is 18.4. The van der Waals surface area contributed by atoms with Crippen molar-refractivity contribution in [3.63, 3.8) is 0 Å². The summed E-state index contributed by atoms with van der Waals surface area (Å²) in [5, 5.41) is 5.32. The van der Waals surface area contributed by atoms with Crippen LogP contribution in [0.1, 0.15) is 63.6 Å². The van der Waals surface area contributed by atoms with Gasteiger partial charge in [-0.15, -0.1) is 0 Å². The highest BCUT2D eigenvalue weighted by molar-refractivity contribution is 7.91. The molecule has 2 N–H and O–H groups in total. The predicted molar refractivity (Wildman–Crippen MR) is 146 cm³/mol. The van der Waals surface area contributed by atoms with Crippen LogP contribution in [-0.4, -0.2) is 43.3 Å². The van der Waals surface area contributed by atoms with Crippen molar-refractivity contribution in [1.29, 1.82) is 0 Å². The lowest BCUT2D eigenvalue weighted by Gasteiger charge is -2.23. The number of rotatable bonds is 12. The van der Waals surface area contributed by atoms with Crippen molar-refractivity contribution < 1.29 is 36.0 Å². The molecule has 0 saturated heterocycles. The summed E-state index contributed by atoms with van der Waals surface area (Å²) in [6.45, 7) is 8.63. The second-order valence-electron chi connectivity index (χ2n) is 11.0. The minimum absolute atomic E-state index is 0.0419. The van der Waals surface area contributed by atoms with Crippen molar-refractivity contribution in [3.8, 4) is 0 Å². The fourth-order valence-corrected chi connectivity index (χ4v) is 5.57. The zero-order chi connectivity index (χ0) is 30.3. The Hall–Kier alpha value is -3.21. The highest BCUT2D eigenvalue weighted by Crippen LogP contribution is 2.29. The van der Waals surface area contributed by atoms with Gasteiger partial charge in [0.15, 0.2) is 15.6 Å². The number of carbonyl (C=O) groups is 3. The Balaban J connectivity index is 2.11. The van der Waals surface area contributed by atoms with Gasteiger partial charge in [-0.3, -0.25) is 14.4 Å². The van der Waals surface area contributed by atoms with Gasteiger partial charge in [0, 0.05) is 18.4 Å². The highest BCUT2D eigenvalue weighted by atomic mass is 32.2. The van der Waals surface area contributed by atoms with Crippen LogP contribution < -0.4 is 10.6 Å². The Labute approximate surface area is 233 Å². The van der Waals surface area contributed by atoms with Crippen LogP contribution in [0.4, 0.5) is 13.2 Å². The van der Waals surface area contributed by atoms with Crippen molar-refractivity contribution in [2.24, 2.45) is 5.92 Å². The van der Waals surface area contributed by atoms with E-state index < -0.39 is 56.5 Å². The number of nitrogens with one attached hydrogen (secondary N) is 2. The molecule has 0 aliphatic heterocycles. The Morgan fingerprint density at radius 3 is 2.15 bits per heavy atom. The van der Waals surface area contributed by atoms with Gasteiger partial charge in [0.05, 0.1) is 28.2 Å².